The normalized spacial score (nSPS) is 19.3. The van der Waals surface area contributed by atoms with Gasteiger partial charge in [-0.1, -0.05) is 6.07 Å². The van der Waals surface area contributed by atoms with Crippen LogP contribution in [0.1, 0.15) is 54.6 Å². The molecule has 1 amide bonds. The van der Waals surface area contributed by atoms with Crippen LogP contribution in [0.25, 0.3) is 28.3 Å². The lowest BCUT2D eigenvalue weighted by molar-refractivity contribution is -0.163. The van der Waals surface area contributed by atoms with E-state index in [2.05, 4.69) is 20.1 Å². The lowest BCUT2D eigenvalue weighted by Gasteiger charge is -2.38. The molecule has 0 unspecified atom stereocenters. The molecule has 1 fully saturated rings. The van der Waals surface area contributed by atoms with Gasteiger partial charge >= 0.3 is 0 Å². The van der Waals surface area contributed by atoms with Crippen molar-refractivity contribution in [2.75, 3.05) is 26.1 Å². The maximum Gasteiger partial charge on any atom is 0.275 e. The van der Waals surface area contributed by atoms with Gasteiger partial charge in [-0.05, 0) is 38.7 Å². The van der Waals surface area contributed by atoms with E-state index in [1.165, 1.54) is 11.4 Å². The number of carbonyl (C=O) groups is 2. The van der Waals surface area contributed by atoms with Crippen LogP contribution in [0.15, 0.2) is 36.9 Å². The predicted molar refractivity (Wildman–Crippen MR) is 140 cm³/mol. The zero-order valence-corrected chi connectivity index (χ0v) is 21.7. The van der Waals surface area contributed by atoms with Crippen LogP contribution in [0.5, 0.6) is 0 Å². The maximum absolute atomic E-state index is 12.7. The summed E-state index contributed by atoms with van der Waals surface area (Å²) < 4.78 is 12.4. The Kier molecular flexibility index (Phi) is 7.37. The van der Waals surface area contributed by atoms with Gasteiger partial charge in [0.2, 0.25) is 0 Å². The van der Waals surface area contributed by atoms with Crippen LogP contribution in [0.3, 0.4) is 0 Å². The van der Waals surface area contributed by atoms with Crippen molar-refractivity contribution in [2.24, 2.45) is 0 Å². The van der Waals surface area contributed by atoms with Crippen molar-refractivity contribution in [3.05, 3.63) is 48.2 Å². The number of rotatable bonds is 9. The third-order valence-corrected chi connectivity index (χ3v) is 7.24. The van der Waals surface area contributed by atoms with Crippen LogP contribution in [0, 0.1) is 0 Å². The number of H-pyrrole nitrogens is 1. The molecular formula is C26H30N8O5. The van der Waals surface area contributed by atoms with E-state index < -0.39 is 11.5 Å². The zero-order valence-electron chi connectivity index (χ0n) is 21.7. The van der Waals surface area contributed by atoms with Crippen molar-refractivity contribution in [2.45, 2.75) is 44.1 Å². The van der Waals surface area contributed by atoms with Crippen molar-refractivity contribution >= 4 is 23.2 Å². The molecule has 204 valence electrons. The number of aromatic amines is 1. The van der Waals surface area contributed by atoms with E-state index in [9.17, 15) is 14.8 Å². The summed E-state index contributed by atoms with van der Waals surface area (Å²) in [7, 11) is 1.54. The summed E-state index contributed by atoms with van der Waals surface area (Å²) in [5, 5.41) is 13.8. The Balaban J connectivity index is 1.50. The van der Waals surface area contributed by atoms with Gasteiger partial charge in [0.25, 0.3) is 5.91 Å². The molecule has 1 aliphatic rings. The smallest absolute Gasteiger partial charge is 0.275 e. The van der Waals surface area contributed by atoms with Crippen LogP contribution < -0.4 is 11.2 Å². The van der Waals surface area contributed by atoms with Gasteiger partial charge < -0.3 is 20.2 Å². The summed E-state index contributed by atoms with van der Waals surface area (Å²) >= 11 is 0. The first kappa shape index (κ1) is 26.4. The van der Waals surface area contributed by atoms with Gasteiger partial charge in [0, 0.05) is 42.7 Å². The molecule has 5 N–H and O–H groups in total. The average Bonchev–Trinajstić information content (AvgIpc) is 3.64. The standard InChI is InChI=1S/C26H30N8O5/c1-15(35)20-21(16-5-7-26(8-6-16,25(36)33-37)39-12-11-38-2)32-24-18(14-31-34(24)22(20)27)17-3-4-19(30-13-17)23-28-9-10-29-23/h3-4,9-10,13-14,16,37H,5-8,11-12,27H2,1-2H3,(H,28,29)(H,33,36)/t16-,26+. The first-order chi connectivity index (χ1) is 18.9. The molecule has 4 heterocycles. The number of nitrogens with one attached hydrogen (secondary N) is 2. The molecule has 13 nitrogen and oxygen atoms in total. The Morgan fingerprint density at radius 1 is 1.23 bits per heavy atom. The van der Waals surface area contributed by atoms with Gasteiger partial charge in [-0.15, -0.1) is 0 Å². The number of aromatic nitrogens is 6. The molecule has 0 radical (unpaired) electrons. The summed E-state index contributed by atoms with van der Waals surface area (Å²) in [5.41, 5.74) is 10.6. The highest BCUT2D eigenvalue weighted by Crippen LogP contribution is 2.42. The van der Waals surface area contributed by atoms with Crippen LogP contribution in [-0.4, -0.2) is 72.4 Å². The number of hydroxylamine groups is 1. The topological polar surface area (TPSA) is 183 Å². The number of carbonyl (C=O) groups excluding carboxylic acids is 2. The minimum atomic E-state index is -1.20. The molecule has 13 heteroatoms. The number of nitrogens with zero attached hydrogens (tertiary/aromatic N) is 5. The third-order valence-electron chi connectivity index (χ3n) is 7.24. The molecule has 4 aromatic heterocycles. The van der Waals surface area contributed by atoms with Gasteiger partial charge in [0.05, 0.1) is 30.7 Å². The zero-order chi connectivity index (χ0) is 27.6. The summed E-state index contributed by atoms with van der Waals surface area (Å²) in [6, 6.07) is 3.75. The minimum Gasteiger partial charge on any atom is -0.383 e. The summed E-state index contributed by atoms with van der Waals surface area (Å²) in [6.45, 7) is 1.97. The number of imidazole rings is 1. The second kappa shape index (κ2) is 10.9. The van der Waals surface area contributed by atoms with Crippen LogP contribution in [0.2, 0.25) is 0 Å². The number of nitrogen functional groups attached to an aromatic ring is 1. The average molecular weight is 535 g/mol. The number of hydrogen-bond donors (Lipinski definition) is 4. The number of nitrogens with two attached hydrogens (primary N) is 1. The fraction of sp³-hybridized carbons (Fsp3) is 0.385. The number of amides is 1. The molecule has 0 aliphatic heterocycles. The van der Waals surface area contributed by atoms with E-state index in [0.717, 1.165) is 5.56 Å². The van der Waals surface area contributed by atoms with Crippen molar-refractivity contribution in [3.8, 4) is 22.6 Å². The van der Waals surface area contributed by atoms with E-state index in [1.54, 1.807) is 37.4 Å². The van der Waals surface area contributed by atoms with Crippen molar-refractivity contribution in [3.63, 3.8) is 0 Å². The first-order valence-electron chi connectivity index (χ1n) is 12.6. The largest absolute Gasteiger partial charge is 0.383 e. The summed E-state index contributed by atoms with van der Waals surface area (Å²) in [4.78, 5) is 42.0. The summed E-state index contributed by atoms with van der Waals surface area (Å²) in [5.74, 6) is -0.124. The van der Waals surface area contributed by atoms with Gasteiger partial charge in [-0.3, -0.25) is 19.8 Å². The van der Waals surface area contributed by atoms with Crippen LogP contribution >= 0.6 is 0 Å². The Bertz CT molecular complexity index is 1470. The second-order valence-corrected chi connectivity index (χ2v) is 9.53. The Morgan fingerprint density at radius 3 is 2.64 bits per heavy atom. The molecule has 0 bridgehead atoms. The second-order valence-electron chi connectivity index (χ2n) is 9.53. The molecule has 1 aliphatic carbocycles. The van der Waals surface area contributed by atoms with Gasteiger partial charge in [0.1, 0.15) is 17.1 Å². The number of ether oxygens (including phenoxy) is 2. The molecule has 4 aromatic rings. The van der Waals surface area contributed by atoms with Gasteiger partial charge in [-0.25, -0.2) is 15.4 Å². The quantitative estimate of drug-likeness (QED) is 0.108. The Hall–Kier alpha value is -4.20. The number of pyridine rings is 1. The molecule has 0 aromatic carbocycles. The van der Waals surface area contributed by atoms with E-state index in [4.69, 9.17) is 20.2 Å². The van der Waals surface area contributed by atoms with E-state index in [0.29, 0.717) is 66.3 Å². The van der Waals surface area contributed by atoms with E-state index >= 15 is 0 Å². The highest BCUT2D eigenvalue weighted by atomic mass is 16.5. The van der Waals surface area contributed by atoms with Crippen molar-refractivity contribution in [1.82, 2.24) is 35.0 Å². The lowest BCUT2D eigenvalue weighted by atomic mass is 9.76. The lowest BCUT2D eigenvalue weighted by Crippen LogP contribution is -2.50. The molecule has 0 atom stereocenters. The number of hydrogen-bond acceptors (Lipinski definition) is 10. The minimum absolute atomic E-state index is 0.163. The highest BCUT2D eigenvalue weighted by molar-refractivity contribution is 6.00. The third kappa shape index (κ3) is 4.87. The van der Waals surface area contributed by atoms with Crippen molar-refractivity contribution < 1.29 is 24.3 Å². The van der Waals surface area contributed by atoms with Crippen LogP contribution in [-0.2, 0) is 14.3 Å². The van der Waals surface area contributed by atoms with Crippen LogP contribution in [0.4, 0.5) is 5.82 Å². The van der Waals surface area contributed by atoms with Gasteiger partial charge in [0.15, 0.2) is 17.3 Å². The van der Waals surface area contributed by atoms with Gasteiger partial charge in [-0.2, -0.15) is 9.61 Å². The monoisotopic (exact) mass is 534 g/mol. The number of methoxy groups -OCH3 is 1. The summed E-state index contributed by atoms with van der Waals surface area (Å²) in [6.07, 6.45) is 8.38. The first-order valence-corrected chi connectivity index (χ1v) is 12.6. The number of ketones is 1. The maximum atomic E-state index is 12.7. The number of fused-ring (bicyclic) bond motifs is 1. The van der Waals surface area contributed by atoms with Crippen molar-refractivity contribution in [1.29, 1.82) is 0 Å². The molecule has 0 saturated heterocycles. The fourth-order valence-corrected chi connectivity index (χ4v) is 5.21. The molecule has 5 rings (SSSR count). The SMILES string of the molecule is COCCO[C@]1(C(=O)NO)CC[C@H](c2nc3c(-c4ccc(-c5ncc[nH]5)nc4)cnn3c(N)c2C(C)=O)CC1. The number of anilines is 1. The fourth-order valence-electron chi connectivity index (χ4n) is 5.21. The Labute approximate surface area is 223 Å². The molecular weight excluding hydrogens is 504 g/mol. The predicted octanol–water partition coefficient (Wildman–Crippen LogP) is 2.53. The molecule has 39 heavy (non-hydrogen) atoms. The highest BCUT2D eigenvalue weighted by Gasteiger charge is 2.44. The number of Topliss-reactive ketones (excluding diaryl/α,β-unsaturated/α-hetero) is 1. The Morgan fingerprint density at radius 2 is 2.03 bits per heavy atom. The van der Waals surface area contributed by atoms with E-state index in [-0.39, 0.29) is 24.1 Å². The molecule has 0 spiro atoms. The molecule has 1 saturated carbocycles. The van der Waals surface area contributed by atoms with E-state index in [1.807, 2.05) is 12.1 Å².